The number of hydrogen-bond donors (Lipinski definition) is 1. The molecule has 0 spiro atoms. The third-order valence-corrected chi connectivity index (χ3v) is 5.11. The molecular formula is C15H13Br2NO6. The number of carboxylic acid groups (broad SMARTS) is 1. The molecule has 0 bridgehead atoms. The summed E-state index contributed by atoms with van der Waals surface area (Å²) in [7, 11) is 0. The molecule has 2 aliphatic rings. The van der Waals surface area contributed by atoms with E-state index >= 15 is 0 Å². The Bertz CT molecular complexity index is 696. The van der Waals surface area contributed by atoms with Crippen LogP contribution in [0.15, 0.2) is 21.1 Å². The molecule has 7 nitrogen and oxygen atoms in total. The van der Waals surface area contributed by atoms with Gasteiger partial charge >= 0.3 is 5.97 Å². The fraction of sp³-hybridized carbons (Fsp3) is 0.400. The van der Waals surface area contributed by atoms with Gasteiger partial charge in [-0.15, -0.1) is 0 Å². The second kappa shape index (κ2) is 7.52. The molecule has 0 radical (unpaired) electrons. The van der Waals surface area contributed by atoms with Crippen molar-refractivity contribution >= 4 is 61.2 Å². The van der Waals surface area contributed by atoms with Crippen molar-refractivity contribution in [2.24, 2.45) is 11.8 Å². The maximum atomic E-state index is 11.9. The lowest BCUT2D eigenvalue weighted by Gasteiger charge is -2.18. The van der Waals surface area contributed by atoms with Gasteiger partial charge in [-0.3, -0.25) is 28.9 Å². The van der Waals surface area contributed by atoms with Gasteiger partial charge in [-0.05, 0) is 50.8 Å². The topological polar surface area (TPSA) is 109 Å². The van der Waals surface area contributed by atoms with Crippen molar-refractivity contribution in [3.8, 4) is 0 Å². The quantitative estimate of drug-likeness (QED) is 0.349. The van der Waals surface area contributed by atoms with Crippen molar-refractivity contribution in [2.45, 2.75) is 19.3 Å². The van der Waals surface area contributed by atoms with E-state index in [9.17, 15) is 29.1 Å². The van der Waals surface area contributed by atoms with Crippen molar-refractivity contribution in [3.05, 3.63) is 21.1 Å². The zero-order valence-electron chi connectivity index (χ0n) is 12.3. The number of unbranched alkanes of at least 4 members (excludes halogenated alkanes) is 1. The first-order valence-electron chi connectivity index (χ1n) is 7.15. The first-order valence-corrected chi connectivity index (χ1v) is 8.73. The summed E-state index contributed by atoms with van der Waals surface area (Å²) in [5.41, 5.74) is 0. The van der Waals surface area contributed by atoms with Crippen LogP contribution in [0, 0.1) is 11.8 Å². The van der Waals surface area contributed by atoms with Crippen molar-refractivity contribution < 1.29 is 29.1 Å². The Balaban J connectivity index is 1.89. The first kappa shape index (κ1) is 18.7. The fourth-order valence-electron chi connectivity index (χ4n) is 2.70. The molecule has 0 fully saturated rings. The van der Waals surface area contributed by atoms with E-state index in [-0.39, 0.29) is 21.9 Å². The van der Waals surface area contributed by atoms with Gasteiger partial charge in [0, 0.05) is 12.6 Å². The number of rotatable bonds is 7. The van der Waals surface area contributed by atoms with Gasteiger partial charge in [0.05, 0.1) is 20.8 Å². The van der Waals surface area contributed by atoms with Gasteiger partial charge in [0.2, 0.25) is 0 Å². The maximum absolute atomic E-state index is 11.9. The largest absolute Gasteiger partial charge is 0.481 e. The summed E-state index contributed by atoms with van der Waals surface area (Å²) >= 11 is 5.94. The lowest BCUT2D eigenvalue weighted by Crippen LogP contribution is -2.33. The molecule has 2 rings (SSSR count). The minimum absolute atomic E-state index is 0.0907. The van der Waals surface area contributed by atoms with Crippen LogP contribution in [-0.2, 0) is 24.0 Å². The lowest BCUT2D eigenvalue weighted by atomic mass is 9.85. The summed E-state index contributed by atoms with van der Waals surface area (Å²) in [5, 5.41) is 9.31. The van der Waals surface area contributed by atoms with Gasteiger partial charge in [-0.2, -0.15) is 0 Å². The number of aliphatic carboxylic acids is 1. The molecule has 1 heterocycles. The number of amides is 2. The van der Waals surface area contributed by atoms with E-state index in [1.165, 1.54) is 6.08 Å². The molecule has 2 atom stereocenters. The fourth-order valence-corrected chi connectivity index (χ4v) is 3.58. The number of Topliss-reactive ketones (excluding diaryl/α,β-unsaturated/α-hetero) is 1. The molecular weight excluding hydrogens is 450 g/mol. The number of carbonyl (C=O) groups is 5. The lowest BCUT2D eigenvalue weighted by molar-refractivity contribution is -0.148. The highest BCUT2D eigenvalue weighted by Gasteiger charge is 2.42. The van der Waals surface area contributed by atoms with Crippen LogP contribution in [0.4, 0.5) is 0 Å². The van der Waals surface area contributed by atoms with Gasteiger partial charge in [-0.25, -0.2) is 0 Å². The minimum Gasteiger partial charge on any atom is -0.481 e. The van der Waals surface area contributed by atoms with Crippen molar-refractivity contribution in [3.63, 3.8) is 0 Å². The Morgan fingerprint density at radius 2 is 1.79 bits per heavy atom. The van der Waals surface area contributed by atoms with E-state index in [2.05, 4.69) is 31.9 Å². The van der Waals surface area contributed by atoms with E-state index < -0.39 is 41.2 Å². The maximum Gasteiger partial charge on any atom is 0.307 e. The highest BCUT2D eigenvalue weighted by molar-refractivity contribution is 9.12. The number of hydrogen-bond acceptors (Lipinski definition) is 5. The van der Waals surface area contributed by atoms with E-state index in [1.807, 2.05) is 0 Å². The summed E-state index contributed by atoms with van der Waals surface area (Å²) in [6, 6.07) is 0. The number of ketones is 2. The van der Waals surface area contributed by atoms with Crippen LogP contribution in [0.25, 0.3) is 0 Å². The molecule has 1 unspecified atom stereocenters. The number of allylic oxidation sites excluding steroid dienone is 2. The summed E-state index contributed by atoms with van der Waals surface area (Å²) in [5.74, 6) is -5.42. The summed E-state index contributed by atoms with van der Waals surface area (Å²) in [6.07, 6.45) is 3.14. The summed E-state index contributed by atoms with van der Waals surface area (Å²) < 4.78 is 0.280. The van der Waals surface area contributed by atoms with Gasteiger partial charge in [-0.1, -0.05) is 6.42 Å². The normalized spacial score (nSPS) is 22.1. The number of carbonyl (C=O) groups excluding carboxylic acids is 4. The molecule has 9 heteroatoms. The van der Waals surface area contributed by atoms with Gasteiger partial charge in [0.1, 0.15) is 0 Å². The molecule has 0 saturated carbocycles. The van der Waals surface area contributed by atoms with Crippen LogP contribution in [0.1, 0.15) is 19.3 Å². The van der Waals surface area contributed by atoms with Crippen molar-refractivity contribution in [1.82, 2.24) is 4.90 Å². The molecule has 1 aliphatic heterocycles. The molecule has 0 aromatic rings. The third-order valence-electron chi connectivity index (χ3n) is 3.93. The smallest absolute Gasteiger partial charge is 0.307 e. The Morgan fingerprint density at radius 1 is 1.12 bits per heavy atom. The zero-order chi connectivity index (χ0) is 18.0. The van der Waals surface area contributed by atoms with E-state index in [4.69, 9.17) is 0 Å². The summed E-state index contributed by atoms with van der Waals surface area (Å²) in [6.45, 7) is 0.157. The number of imide groups is 1. The average molecular weight is 463 g/mol. The molecule has 1 N–H and O–H groups in total. The monoisotopic (exact) mass is 461 g/mol. The molecule has 1 aliphatic carbocycles. The third kappa shape index (κ3) is 3.72. The molecule has 128 valence electrons. The van der Waals surface area contributed by atoms with Crippen LogP contribution in [0.2, 0.25) is 0 Å². The van der Waals surface area contributed by atoms with Gasteiger partial charge in [0.25, 0.3) is 11.8 Å². The predicted octanol–water partition coefficient (Wildman–Crippen LogP) is 1.55. The molecule has 0 aromatic heterocycles. The highest BCUT2D eigenvalue weighted by atomic mass is 79.9. The summed E-state index contributed by atoms with van der Waals surface area (Å²) in [4.78, 5) is 59.4. The van der Waals surface area contributed by atoms with Gasteiger partial charge in [0.15, 0.2) is 11.6 Å². The number of halogens is 2. The van der Waals surface area contributed by atoms with Gasteiger partial charge < -0.3 is 5.11 Å². The molecule has 0 saturated heterocycles. The Morgan fingerprint density at radius 3 is 2.25 bits per heavy atom. The van der Waals surface area contributed by atoms with Crippen LogP contribution in [0.5, 0.6) is 0 Å². The van der Waals surface area contributed by atoms with E-state index in [1.54, 1.807) is 0 Å². The number of nitrogens with zero attached hydrogens (tertiary/aromatic N) is 1. The number of carboxylic acids is 1. The second-order valence-electron chi connectivity index (χ2n) is 5.46. The average Bonchev–Trinajstić information content (AvgIpc) is 2.88. The van der Waals surface area contributed by atoms with Crippen LogP contribution in [0.3, 0.4) is 0 Å². The zero-order valence-corrected chi connectivity index (χ0v) is 15.5. The second-order valence-corrected chi connectivity index (χ2v) is 7.17. The van der Waals surface area contributed by atoms with Crippen LogP contribution < -0.4 is 0 Å². The Kier molecular flexibility index (Phi) is 5.87. The minimum atomic E-state index is -1.21. The van der Waals surface area contributed by atoms with Crippen LogP contribution in [-0.4, -0.2) is 45.9 Å². The van der Waals surface area contributed by atoms with Crippen molar-refractivity contribution in [1.29, 1.82) is 0 Å². The molecule has 24 heavy (non-hydrogen) atoms. The van der Waals surface area contributed by atoms with Crippen LogP contribution >= 0.6 is 31.9 Å². The van der Waals surface area contributed by atoms with E-state index in [0.29, 0.717) is 12.8 Å². The highest BCUT2D eigenvalue weighted by Crippen LogP contribution is 2.31. The standard InChI is InChI=1S/C15H13Br2NO6/c16-8-5-10(19)12(13(8)21)7(15(23)24)3-1-2-4-18-11(20)6-9(17)14(18)22/h5-7,12H,1-4H2,(H,23,24)/t7-,12?/m1/s1. The first-order chi connectivity index (χ1) is 11.2. The van der Waals surface area contributed by atoms with Crippen molar-refractivity contribution in [2.75, 3.05) is 6.54 Å². The SMILES string of the molecule is O=C1C=C(Br)C(=O)C1[C@@H](CCCCN1C(=O)C=C(Br)C1=O)C(=O)O. The predicted molar refractivity (Wildman–Crippen MR) is 89.2 cm³/mol. The van der Waals surface area contributed by atoms with E-state index in [0.717, 1.165) is 11.0 Å². The molecule has 2 amide bonds. The Labute approximate surface area is 154 Å². The Hall–Kier alpha value is -1.61. The molecule has 0 aromatic carbocycles.